The SMILES string of the molecule is NC[C@@H]1[C@H](CO)[C@@H]2CC[C@H]1O2. The first-order valence-corrected chi connectivity index (χ1v) is 4.33. The molecule has 3 nitrogen and oxygen atoms in total. The number of hydrogen-bond donors (Lipinski definition) is 2. The largest absolute Gasteiger partial charge is 0.396 e. The normalized spacial score (nSPS) is 48.5. The first kappa shape index (κ1) is 7.53. The molecule has 0 aromatic heterocycles. The molecule has 2 bridgehead atoms. The molecule has 2 fully saturated rings. The molecule has 0 unspecified atom stereocenters. The van der Waals surface area contributed by atoms with Crippen molar-refractivity contribution in [3.05, 3.63) is 0 Å². The molecule has 4 atom stereocenters. The molecule has 0 aromatic carbocycles. The molecule has 2 heterocycles. The molecule has 0 aromatic rings. The average Bonchev–Trinajstić information content (AvgIpc) is 2.60. The van der Waals surface area contributed by atoms with Gasteiger partial charge in [0, 0.05) is 18.4 Å². The summed E-state index contributed by atoms with van der Waals surface area (Å²) in [7, 11) is 0. The van der Waals surface area contributed by atoms with Gasteiger partial charge in [-0.2, -0.15) is 0 Å². The molecule has 0 radical (unpaired) electrons. The molecule has 2 aliphatic rings. The van der Waals surface area contributed by atoms with Gasteiger partial charge in [-0.3, -0.25) is 0 Å². The van der Waals surface area contributed by atoms with E-state index in [1.54, 1.807) is 0 Å². The lowest BCUT2D eigenvalue weighted by Crippen LogP contribution is -2.34. The summed E-state index contributed by atoms with van der Waals surface area (Å²) in [5.74, 6) is 0.734. The molecule has 64 valence electrons. The van der Waals surface area contributed by atoms with E-state index in [9.17, 15) is 0 Å². The molecule has 11 heavy (non-hydrogen) atoms. The molecular formula is C8H15NO2. The van der Waals surface area contributed by atoms with Crippen LogP contribution in [0.2, 0.25) is 0 Å². The molecular weight excluding hydrogens is 142 g/mol. The summed E-state index contributed by atoms with van der Waals surface area (Å²) >= 11 is 0. The summed E-state index contributed by atoms with van der Waals surface area (Å²) < 4.78 is 5.64. The Morgan fingerprint density at radius 3 is 2.36 bits per heavy atom. The van der Waals surface area contributed by atoms with Gasteiger partial charge in [0.15, 0.2) is 0 Å². The number of rotatable bonds is 2. The van der Waals surface area contributed by atoms with E-state index in [1.165, 1.54) is 0 Å². The monoisotopic (exact) mass is 157 g/mol. The van der Waals surface area contributed by atoms with Gasteiger partial charge in [-0.25, -0.2) is 0 Å². The van der Waals surface area contributed by atoms with Gasteiger partial charge in [0.1, 0.15) is 0 Å². The van der Waals surface area contributed by atoms with Crippen molar-refractivity contribution in [3.8, 4) is 0 Å². The molecule has 2 saturated heterocycles. The average molecular weight is 157 g/mol. The van der Waals surface area contributed by atoms with Crippen LogP contribution in [0.15, 0.2) is 0 Å². The van der Waals surface area contributed by atoms with E-state index in [0.717, 1.165) is 12.8 Å². The van der Waals surface area contributed by atoms with E-state index in [0.29, 0.717) is 30.6 Å². The topological polar surface area (TPSA) is 55.5 Å². The number of nitrogens with two attached hydrogens (primary N) is 1. The third kappa shape index (κ3) is 0.991. The van der Waals surface area contributed by atoms with Crippen molar-refractivity contribution >= 4 is 0 Å². The van der Waals surface area contributed by atoms with Crippen molar-refractivity contribution in [2.75, 3.05) is 13.2 Å². The number of ether oxygens (including phenoxy) is 1. The van der Waals surface area contributed by atoms with Crippen molar-refractivity contribution in [1.29, 1.82) is 0 Å². The van der Waals surface area contributed by atoms with E-state index >= 15 is 0 Å². The van der Waals surface area contributed by atoms with Crippen LogP contribution >= 0.6 is 0 Å². The first-order valence-electron chi connectivity index (χ1n) is 4.33. The number of aliphatic hydroxyl groups is 1. The van der Waals surface area contributed by atoms with E-state index in [1.807, 2.05) is 0 Å². The maximum absolute atomic E-state index is 9.05. The van der Waals surface area contributed by atoms with Gasteiger partial charge < -0.3 is 15.6 Å². The Kier molecular flexibility index (Phi) is 1.87. The smallest absolute Gasteiger partial charge is 0.0634 e. The molecule has 0 saturated carbocycles. The highest BCUT2D eigenvalue weighted by Gasteiger charge is 2.47. The van der Waals surface area contributed by atoms with E-state index in [4.69, 9.17) is 15.6 Å². The molecule has 0 spiro atoms. The van der Waals surface area contributed by atoms with E-state index in [-0.39, 0.29) is 6.61 Å². The van der Waals surface area contributed by atoms with Crippen LogP contribution in [0, 0.1) is 11.8 Å². The highest BCUT2D eigenvalue weighted by atomic mass is 16.5. The molecule has 2 rings (SSSR count). The van der Waals surface area contributed by atoms with Crippen molar-refractivity contribution in [1.82, 2.24) is 0 Å². The minimum Gasteiger partial charge on any atom is -0.396 e. The van der Waals surface area contributed by atoms with Gasteiger partial charge in [0.05, 0.1) is 12.2 Å². The van der Waals surface area contributed by atoms with Gasteiger partial charge >= 0.3 is 0 Å². The second-order valence-electron chi connectivity index (χ2n) is 3.54. The second kappa shape index (κ2) is 2.73. The first-order chi connectivity index (χ1) is 5.36. The van der Waals surface area contributed by atoms with Crippen LogP contribution in [-0.2, 0) is 4.74 Å². The van der Waals surface area contributed by atoms with Crippen molar-refractivity contribution in [3.63, 3.8) is 0 Å². The van der Waals surface area contributed by atoms with Crippen molar-refractivity contribution in [2.45, 2.75) is 25.0 Å². The number of hydrogen-bond acceptors (Lipinski definition) is 3. The molecule has 2 aliphatic heterocycles. The summed E-state index contributed by atoms with van der Waals surface area (Å²) in [5, 5.41) is 9.05. The Bertz CT molecular complexity index is 135. The standard InChI is InChI=1S/C8H15NO2/c9-3-5-6(4-10)8-2-1-7(5)11-8/h5-8,10H,1-4,9H2/t5-,6+,7-,8+/m1/s1. The maximum atomic E-state index is 9.05. The Balaban J connectivity index is 2.08. The third-order valence-corrected chi connectivity index (χ3v) is 3.07. The van der Waals surface area contributed by atoms with Crippen LogP contribution in [0.1, 0.15) is 12.8 Å². The summed E-state index contributed by atoms with van der Waals surface area (Å²) in [6.45, 7) is 0.898. The van der Waals surface area contributed by atoms with Gasteiger partial charge in [-0.15, -0.1) is 0 Å². The zero-order valence-electron chi connectivity index (χ0n) is 6.57. The van der Waals surface area contributed by atoms with Crippen molar-refractivity contribution < 1.29 is 9.84 Å². The molecule has 0 aliphatic carbocycles. The van der Waals surface area contributed by atoms with Crippen LogP contribution in [0.3, 0.4) is 0 Å². The summed E-state index contributed by atoms with van der Waals surface area (Å²) in [4.78, 5) is 0. The highest BCUT2D eigenvalue weighted by Crippen LogP contribution is 2.42. The van der Waals surface area contributed by atoms with Gasteiger partial charge in [0.25, 0.3) is 0 Å². The van der Waals surface area contributed by atoms with Crippen LogP contribution in [0.25, 0.3) is 0 Å². The number of aliphatic hydroxyl groups excluding tert-OH is 1. The predicted octanol–water partition coefficient (Wildman–Crippen LogP) is -0.269. The second-order valence-corrected chi connectivity index (χ2v) is 3.54. The lowest BCUT2D eigenvalue weighted by Gasteiger charge is -2.24. The van der Waals surface area contributed by atoms with E-state index < -0.39 is 0 Å². The Labute approximate surface area is 66.5 Å². The van der Waals surface area contributed by atoms with Crippen LogP contribution in [0.4, 0.5) is 0 Å². The van der Waals surface area contributed by atoms with Gasteiger partial charge in [-0.1, -0.05) is 0 Å². The predicted molar refractivity (Wildman–Crippen MR) is 41.0 cm³/mol. The Morgan fingerprint density at radius 2 is 1.91 bits per heavy atom. The maximum Gasteiger partial charge on any atom is 0.0634 e. The van der Waals surface area contributed by atoms with Gasteiger partial charge in [-0.05, 0) is 19.4 Å². The van der Waals surface area contributed by atoms with Crippen LogP contribution in [0.5, 0.6) is 0 Å². The fourth-order valence-corrected chi connectivity index (χ4v) is 2.45. The highest BCUT2D eigenvalue weighted by molar-refractivity contribution is 4.96. The minimum atomic E-state index is 0.239. The fraction of sp³-hybridized carbons (Fsp3) is 1.00. The van der Waals surface area contributed by atoms with Crippen molar-refractivity contribution in [2.24, 2.45) is 17.6 Å². The Hall–Kier alpha value is -0.120. The zero-order chi connectivity index (χ0) is 7.84. The summed E-state index contributed by atoms with van der Waals surface area (Å²) in [6.07, 6.45) is 2.91. The lowest BCUT2D eigenvalue weighted by molar-refractivity contribution is 0.0787. The van der Waals surface area contributed by atoms with Crippen LogP contribution < -0.4 is 5.73 Å². The zero-order valence-corrected chi connectivity index (χ0v) is 6.57. The van der Waals surface area contributed by atoms with E-state index in [2.05, 4.69) is 0 Å². The third-order valence-electron chi connectivity index (χ3n) is 3.07. The lowest BCUT2D eigenvalue weighted by atomic mass is 9.80. The van der Waals surface area contributed by atoms with Gasteiger partial charge in [0.2, 0.25) is 0 Å². The van der Waals surface area contributed by atoms with Crippen LogP contribution in [-0.4, -0.2) is 30.5 Å². The molecule has 3 heteroatoms. The summed E-state index contributed by atoms with van der Waals surface area (Å²) in [6, 6.07) is 0. The quantitative estimate of drug-likeness (QED) is 0.580. The Morgan fingerprint density at radius 1 is 1.27 bits per heavy atom. The number of fused-ring (bicyclic) bond motifs is 2. The molecule has 3 N–H and O–H groups in total. The fourth-order valence-electron chi connectivity index (χ4n) is 2.45. The minimum absolute atomic E-state index is 0.239. The molecule has 0 amide bonds. The summed E-state index contributed by atoms with van der Waals surface area (Å²) in [5.41, 5.74) is 5.60.